The Hall–Kier alpha value is -3.89. The zero-order valence-electron chi connectivity index (χ0n) is 27.2. The van der Waals surface area contributed by atoms with Crippen molar-refractivity contribution in [3.8, 4) is 0 Å². The van der Waals surface area contributed by atoms with Crippen molar-refractivity contribution in [2.24, 2.45) is 0 Å². The predicted molar refractivity (Wildman–Crippen MR) is 168 cm³/mol. The van der Waals surface area contributed by atoms with E-state index in [-0.39, 0.29) is 18.1 Å². The Balaban J connectivity index is 0.00000248. The molecule has 10 nitrogen and oxygen atoms in total. The van der Waals surface area contributed by atoms with E-state index >= 15 is 0 Å². The second-order valence-electron chi connectivity index (χ2n) is 12.7. The number of halogens is 1. The Kier molecular flexibility index (Phi) is 10.6. The average molecular weight is 599 g/mol. The standard InChI is InChI=1S/C30H41FN6O4.C2H6/c1-19(2)24-18-32-26-23(36(28(39)41-30(6,7)8)22-11-9-10-20(31)16-22)17-25(34-37(24)26)33-21-12-14-35(15-13-21)27(38)40-29(3,4)5;1-2/h9-11,16-19,21H,12-15H2,1-8H3,(H,33,34);1-2H3. The fourth-order valence-electron chi connectivity index (χ4n) is 4.61. The van der Waals surface area contributed by atoms with Crippen molar-refractivity contribution in [3.05, 3.63) is 48.0 Å². The first kappa shape index (κ1) is 33.6. The number of anilines is 3. The molecule has 1 aliphatic heterocycles. The lowest BCUT2D eigenvalue weighted by Gasteiger charge is -2.34. The maximum atomic E-state index is 14.4. The van der Waals surface area contributed by atoms with E-state index in [2.05, 4.69) is 10.3 Å². The molecule has 2 amide bonds. The van der Waals surface area contributed by atoms with Gasteiger partial charge in [0, 0.05) is 25.2 Å². The SMILES string of the molecule is CC.CC(C)c1cnc2c(N(C(=O)OC(C)(C)C)c3cccc(F)c3)cc(NC3CCN(C(=O)OC(C)(C)C)CC3)nn12. The molecule has 0 saturated carbocycles. The summed E-state index contributed by atoms with van der Waals surface area (Å²) in [5.41, 5.74) is 0.663. The Morgan fingerprint density at radius 1 is 1.02 bits per heavy atom. The van der Waals surface area contributed by atoms with Gasteiger partial charge in [0.05, 0.1) is 17.6 Å². The Morgan fingerprint density at radius 2 is 1.65 bits per heavy atom. The van der Waals surface area contributed by atoms with Gasteiger partial charge in [-0.1, -0.05) is 33.8 Å². The lowest BCUT2D eigenvalue weighted by Crippen LogP contribution is -2.44. The lowest BCUT2D eigenvalue weighted by atomic mass is 10.1. The summed E-state index contributed by atoms with van der Waals surface area (Å²) in [4.78, 5) is 33.8. The zero-order chi connectivity index (χ0) is 32.1. The van der Waals surface area contributed by atoms with Gasteiger partial charge in [-0.25, -0.2) is 28.4 Å². The number of aromatic nitrogens is 3. The van der Waals surface area contributed by atoms with Crippen LogP contribution in [0.1, 0.15) is 93.7 Å². The van der Waals surface area contributed by atoms with E-state index in [4.69, 9.17) is 14.6 Å². The van der Waals surface area contributed by atoms with Gasteiger partial charge >= 0.3 is 12.2 Å². The number of nitrogens with zero attached hydrogens (tertiary/aromatic N) is 5. The van der Waals surface area contributed by atoms with Crippen molar-refractivity contribution in [2.75, 3.05) is 23.3 Å². The number of hydrogen-bond acceptors (Lipinski definition) is 7. The number of amides is 2. The van der Waals surface area contributed by atoms with E-state index in [9.17, 15) is 14.0 Å². The van der Waals surface area contributed by atoms with E-state index in [0.717, 1.165) is 5.69 Å². The van der Waals surface area contributed by atoms with Gasteiger partial charge in [0.2, 0.25) is 0 Å². The summed E-state index contributed by atoms with van der Waals surface area (Å²) in [5.74, 6) is 0.136. The largest absolute Gasteiger partial charge is 0.444 e. The molecule has 0 bridgehead atoms. The molecule has 0 spiro atoms. The molecule has 43 heavy (non-hydrogen) atoms. The van der Waals surface area contributed by atoms with Crippen LogP contribution >= 0.6 is 0 Å². The summed E-state index contributed by atoms with van der Waals surface area (Å²) >= 11 is 0. The molecule has 1 N–H and O–H groups in total. The van der Waals surface area contributed by atoms with Gasteiger partial charge in [-0.2, -0.15) is 0 Å². The van der Waals surface area contributed by atoms with Gasteiger partial charge < -0.3 is 19.7 Å². The molecule has 236 valence electrons. The first-order valence-electron chi connectivity index (χ1n) is 15.0. The summed E-state index contributed by atoms with van der Waals surface area (Å²) in [7, 11) is 0. The quantitative estimate of drug-likeness (QED) is 0.318. The van der Waals surface area contributed by atoms with Crippen molar-refractivity contribution < 1.29 is 23.5 Å². The highest BCUT2D eigenvalue weighted by atomic mass is 19.1. The highest BCUT2D eigenvalue weighted by Gasteiger charge is 2.31. The third-order valence-electron chi connectivity index (χ3n) is 6.45. The van der Waals surface area contributed by atoms with Crippen molar-refractivity contribution in [2.45, 2.75) is 105 Å². The van der Waals surface area contributed by atoms with Gasteiger partial charge in [-0.05, 0) is 78.5 Å². The van der Waals surface area contributed by atoms with E-state index in [1.54, 1.807) is 54.6 Å². The lowest BCUT2D eigenvalue weighted by molar-refractivity contribution is 0.0210. The van der Waals surface area contributed by atoms with Gasteiger partial charge in [0.1, 0.15) is 28.5 Å². The molecule has 0 atom stereocenters. The van der Waals surface area contributed by atoms with Crippen LogP contribution in [0.3, 0.4) is 0 Å². The molecule has 3 heterocycles. The van der Waals surface area contributed by atoms with Crippen LogP contribution in [0, 0.1) is 5.82 Å². The molecular weight excluding hydrogens is 551 g/mol. The number of ether oxygens (including phenoxy) is 2. The van der Waals surface area contributed by atoms with Gasteiger partial charge in [-0.3, -0.25) is 0 Å². The molecule has 0 radical (unpaired) electrons. The van der Waals surface area contributed by atoms with E-state index in [1.165, 1.54) is 17.0 Å². The fourth-order valence-corrected chi connectivity index (χ4v) is 4.61. The van der Waals surface area contributed by atoms with Crippen molar-refractivity contribution >= 4 is 35.0 Å². The molecule has 1 aliphatic rings. The minimum Gasteiger partial charge on any atom is -0.444 e. The zero-order valence-corrected chi connectivity index (χ0v) is 27.2. The predicted octanol–water partition coefficient (Wildman–Crippen LogP) is 7.90. The van der Waals surface area contributed by atoms with E-state index < -0.39 is 23.1 Å². The molecule has 0 aliphatic carbocycles. The number of piperidine rings is 1. The second kappa shape index (κ2) is 13.6. The third kappa shape index (κ3) is 8.81. The highest BCUT2D eigenvalue weighted by molar-refractivity contribution is 6.00. The van der Waals surface area contributed by atoms with Crippen LogP contribution < -0.4 is 10.2 Å². The van der Waals surface area contributed by atoms with E-state index in [0.29, 0.717) is 48.8 Å². The van der Waals surface area contributed by atoms with Crippen LogP contribution in [0.15, 0.2) is 36.5 Å². The molecule has 1 saturated heterocycles. The first-order chi connectivity index (χ1) is 20.1. The highest BCUT2D eigenvalue weighted by Crippen LogP contribution is 2.34. The number of fused-ring (bicyclic) bond motifs is 1. The van der Waals surface area contributed by atoms with Crippen LogP contribution in [0.4, 0.5) is 31.2 Å². The summed E-state index contributed by atoms with van der Waals surface area (Å²) in [5, 5.41) is 8.32. The Labute approximate surface area is 254 Å². The topological polar surface area (TPSA) is 101 Å². The third-order valence-corrected chi connectivity index (χ3v) is 6.45. The fraction of sp³-hybridized carbons (Fsp3) is 0.562. The van der Waals surface area contributed by atoms with Gasteiger partial charge in [0.15, 0.2) is 5.65 Å². The number of rotatable bonds is 5. The van der Waals surface area contributed by atoms with Crippen molar-refractivity contribution in [1.29, 1.82) is 0 Å². The van der Waals surface area contributed by atoms with Crippen LogP contribution in [0.2, 0.25) is 0 Å². The van der Waals surface area contributed by atoms with Crippen molar-refractivity contribution in [1.82, 2.24) is 19.5 Å². The number of benzene rings is 1. The van der Waals surface area contributed by atoms with Crippen LogP contribution in [0.25, 0.3) is 5.65 Å². The van der Waals surface area contributed by atoms with E-state index in [1.807, 2.05) is 48.5 Å². The maximum Gasteiger partial charge on any atom is 0.419 e. The molecule has 11 heteroatoms. The Bertz CT molecular complexity index is 1400. The van der Waals surface area contributed by atoms with Crippen LogP contribution in [0.5, 0.6) is 0 Å². The molecule has 2 aromatic heterocycles. The molecule has 1 aromatic carbocycles. The van der Waals surface area contributed by atoms with Gasteiger partial charge in [0.25, 0.3) is 0 Å². The first-order valence-corrected chi connectivity index (χ1v) is 15.0. The smallest absolute Gasteiger partial charge is 0.419 e. The number of hydrogen-bond donors (Lipinski definition) is 1. The minimum absolute atomic E-state index is 0.0293. The number of carbonyl (C=O) groups is 2. The monoisotopic (exact) mass is 598 g/mol. The number of imidazole rings is 1. The van der Waals surface area contributed by atoms with Crippen molar-refractivity contribution in [3.63, 3.8) is 0 Å². The van der Waals surface area contributed by atoms with Gasteiger partial charge in [-0.15, -0.1) is 5.10 Å². The summed E-state index contributed by atoms with van der Waals surface area (Å²) in [6.45, 7) is 20.0. The van der Waals surface area contributed by atoms with Crippen LogP contribution in [-0.2, 0) is 9.47 Å². The maximum absolute atomic E-state index is 14.4. The van der Waals surface area contributed by atoms with Crippen LogP contribution in [-0.4, -0.2) is 62.0 Å². The average Bonchev–Trinajstić information content (AvgIpc) is 3.33. The number of carbonyl (C=O) groups excluding carboxylic acids is 2. The Morgan fingerprint density at radius 3 is 2.21 bits per heavy atom. The number of likely N-dealkylation sites (tertiary alicyclic amines) is 1. The summed E-state index contributed by atoms with van der Waals surface area (Å²) in [6, 6.07) is 7.57. The summed E-state index contributed by atoms with van der Waals surface area (Å²) in [6.07, 6.45) is 2.13. The minimum atomic E-state index is -0.784. The number of nitrogens with one attached hydrogen (secondary N) is 1. The summed E-state index contributed by atoms with van der Waals surface area (Å²) < 4.78 is 27.4. The molecule has 1 fully saturated rings. The second-order valence-corrected chi connectivity index (χ2v) is 12.7. The normalized spacial score (nSPS) is 14.3. The molecule has 0 unspecified atom stereocenters. The molecule has 4 rings (SSSR count). The molecular formula is C32H47FN6O4. The molecule has 3 aromatic rings.